The van der Waals surface area contributed by atoms with Crippen molar-refractivity contribution >= 4 is 5.69 Å². The molecule has 0 spiro atoms. The highest BCUT2D eigenvalue weighted by Gasteiger charge is 2.08. The molecule has 0 radical (unpaired) electrons. The topological polar surface area (TPSA) is 100.0 Å². The molecule has 0 saturated carbocycles. The molecular weight excluding hydrogens is 246 g/mol. The van der Waals surface area contributed by atoms with Gasteiger partial charge in [-0.1, -0.05) is 11.2 Å². The van der Waals surface area contributed by atoms with Gasteiger partial charge >= 0.3 is 0 Å². The largest absolute Gasteiger partial charge is 0.439 e. The van der Waals surface area contributed by atoms with Crippen molar-refractivity contribution < 1.29 is 9.26 Å². The molecular formula is C12H9N5O2. The summed E-state index contributed by atoms with van der Waals surface area (Å²) in [6, 6.07) is 8.66. The standard InChI is InChI=1S/C12H9N5O2/c13-8-2-1-3-9(4-8)18-11-5-10(14-6-15-11)12-16-7-17-19-12/h1-7H,13H2. The molecule has 7 heteroatoms. The Hall–Kier alpha value is -2.96. The van der Waals surface area contributed by atoms with Gasteiger partial charge in [-0.05, 0) is 12.1 Å². The van der Waals surface area contributed by atoms with E-state index in [0.29, 0.717) is 28.9 Å². The summed E-state index contributed by atoms with van der Waals surface area (Å²) in [4.78, 5) is 11.9. The number of hydrogen-bond acceptors (Lipinski definition) is 7. The quantitative estimate of drug-likeness (QED) is 0.713. The molecule has 0 fully saturated rings. The maximum atomic E-state index is 5.67. The van der Waals surface area contributed by atoms with Gasteiger partial charge in [0.05, 0.1) is 0 Å². The Balaban J connectivity index is 1.88. The number of rotatable bonds is 3. The third-order valence-corrected chi connectivity index (χ3v) is 2.30. The molecule has 0 saturated heterocycles. The van der Waals surface area contributed by atoms with Crippen molar-refractivity contribution in [1.82, 2.24) is 20.1 Å². The second kappa shape index (κ2) is 4.73. The van der Waals surface area contributed by atoms with Crippen LogP contribution >= 0.6 is 0 Å². The molecule has 0 bridgehead atoms. The van der Waals surface area contributed by atoms with Gasteiger partial charge < -0.3 is 15.0 Å². The van der Waals surface area contributed by atoms with Crippen molar-refractivity contribution in [2.45, 2.75) is 0 Å². The monoisotopic (exact) mass is 255 g/mol. The molecule has 2 N–H and O–H groups in total. The summed E-state index contributed by atoms with van der Waals surface area (Å²) in [5.74, 6) is 1.27. The van der Waals surface area contributed by atoms with E-state index in [9.17, 15) is 0 Å². The van der Waals surface area contributed by atoms with Crippen LogP contribution in [-0.4, -0.2) is 20.1 Å². The summed E-state index contributed by atoms with van der Waals surface area (Å²) < 4.78 is 10.5. The van der Waals surface area contributed by atoms with Gasteiger partial charge in [-0.25, -0.2) is 9.97 Å². The molecule has 0 unspecified atom stereocenters. The Bertz CT molecular complexity index is 684. The maximum Gasteiger partial charge on any atom is 0.276 e. The molecule has 2 aromatic heterocycles. The highest BCUT2D eigenvalue weighted by atomic mass is 16.5. The van der Waals surface area contributed by atoms with E-state index in [-0.39, 0.29) is 0 Å². The summed E-state index contributed by atoms with van der Waals surface area (Å²) in [5.41, 5.74) is 6.78. The number of nitrogens with two attached hydrogens (primary N) is 1. The maximum absolute atomic E-state index is 5.67. The van der Waals surface area contributed by atoms with E-state index in [1.54, 1.807) is 30.3 Å². The van der Waals surface area contributed by atoms with Crippen LogP contribution in [0.25, 0.3) is 11.6 Å². The molecule has 0 aliphatic heterocycles. The molecule has 19 heavy (non-hydrogen) atoms. The normalized spacial score (nSPS) is 10.3. The molecule has 7 nitrogen and oxygen atoms in total. The number of hydrogen-bond donors (Lipinski definition) is 1. The summed E-state index contributed by atoms with van der Waals surface area (Å²) >= 11 is 0. The molecule has 3 rings (SSSR count). The van der Waals surface area contributed by atoms with Crippen molar-refractivity contribution in [1.29, 1.82) is 0 Å². The van der Waals surface area contributed by atoms with E-state index in [2.05, 4.69) is 20.1 Å². The van der Waals surface area contributed by atoms with Gasteiger partial charge in [0.2, 0.25) is 5.88 Å². The highest BCUT2D eigenvalue weighted by Crippen LogP contribution is 2.23. The van der Waals surface area contributed by atoms with Crippen LogP contribution in [0.15, 0.2) is 47.5 Å². The first kappa shape index (κ1) is 11.1. The van der Waals surface area contributed by atoms with E-state index < -0.39 is 0 Å². The number of nitrogen functional groups attached to an aromatic ring is 1. The summed E-state index contributed by atoms with van der Waals surface area (Å²) in [6.45, 7) is 0. The SMILES string of the molecule is Nc1cccc(Oc2cc(-c3ncno3)ncn2)c1. The highest BCUT2D eigenvalue weighted by molar-refractivity contribution is 5.48. The van der Waals surface area contributed by atoms with Gasteiger partial charge in [0.25, 0.3) is 5.89 Å². The second-order valence-corrected chi connectivity index (χ2v) is 3.66. The van der Waals surface area contributed by atoms with E-state index in [1.807, 2.05) is 0 Å². The van der Waals surface area contributed by atoms with Crippen molar-refractivity contribution in [2.75, 3.05) is 5.73 Å². The van der Waals surface area contributed by atoms with Crippen LogP contribution in [0, 0.1) is 0 Å². The molecule has 0 atom stereocenters. The first-order valence-electron chi connectivity index (χ1n) is 5.44. The summed E-state index contributed by atoms with van der Waals surface area (Å²) in [5, 5.41) is 3.52. The Kier molecular flexibility index (Phi) is 2.77. The zero-order valence-electron chi connectivity index (χ0n) is 9.72. The fourth-order valence-electron chi connectivity index (χ4n) is 1.50. The van der Waals surface area contributed by atoms with Crippen LogP contribution in [0.4, 0.5) is 5.69 Å². The van der Waals surface area contributed by atoms with Gasteiger partial charge in [-0.2, -0.15) is 4.98 Å². The lowest BCUT2D eigenvalue weighted by molar-refractivity contribution is 0.427. The minimum atomic E-state index is 0.305. The van der Waals surface area contributed by atoms with Crippen LogP contribution < -0.4 is 10.5 Å². The van der Waals surface area contributed by atoms with Gasteiger partial charge in [-0.3, -0.25) is 0 Å². The predicted molar refractivity (Wildman–Crippen MR) is 66.3 cm³/mol. The minimum absolute atomic E-state index is 0.305. The van der Waals surface area contributed by atoms with E-state index in [1.165, 1.54) is 12.7 Å². The third-order valence-electron chi connectivity index (χ3n) is 2.30. The van der Waals surface area contributed by atoms with Crippen LogP contribution in [0.5, 0.6) is 11.6 Å². The molecule has 0 aliphatic carbocycles. The first-order chi connectivity index (χ1) is 9.31. The molecule has 94 valence electrons. The van der Waals surface area contributed by atoms with Gasteiger partial charge in [0.15, 0.2) is 6.33 Å². The second-order valence-electron chi connectivity index (χ2n) is 3.66. The minimum Gasteiger partial charge on any atom is -0.439 e. The molecule has 2 heterocycles. The van der Waals surface area contributed by atoms with Crippen LogP contribution in [-0.2, 0) is 0 Å². The van der Waals surface area contributed by atoms with Crippen LogP contribution in [0.1, 0.15) is 0 Å². The van der Waals surface area contributed by atoms with Crippen molar-refractivity contribution in [3.8, 4) is 23.2 Å². The summed E-state index contributed by atoms with van der Waals surface area (Å²) in [7, 11) is 0. The van der Waals surface area contributed by atoms with Crippen LogP contribution in [0.2, 0.25) is 0 Å². The first-order valence-corrected chi connectivity index (χ1v) is 5.44. The smallest absolute Gasteiger partial charge is 0.276 e. The van der Waals surface area contributed by atoms with E-state index >= 15 is 0 Å². The fraction of sp³-hybridized carbons (Fsp3) is 0. The van der Waals surface area contributed by atoms with E-state index in [0.717, 1.165) is 0 Å². The van der Waals surface area contributed by atoms with Gasteiger partial charge in [-0.15, -0.1) is 0 Å². The molecule has 0 aliphatic rings. The lowest BCUT2D eigenvalue weighted by Gasteiger charge is -2.05. The average molecular weight is 255 g/mol. The lowest BCUT2D eigenvalue weighted by Crippen LogP contribution is -1.92. The Morgan fingerprint density at radius 1 is 1.05 bits per heavy atom. The van der Waals surface area contributed by atoms with Gasteiger partial charge in [0.1, 0.15) is 17.8 Å². The molecule has 3 aromatic rings. The Labute approximate surface area is 108 Å². The summed E-state index contributed by atoms with van der Waals surface area (Å²) in [6.07, 6.45) is 2.66. The third kappa shape index (κ3) is 2.49. The predicted octanol–water partition coefficient (Wildman–Crippen LogP) is 1.90. The lowest BCUT2D eigenvalue weighted by atomic mass is 10.3. The number of ether oxygens (including phenoxy) is 1. The van der Waals surface area contributed by atoms with E-state index in [4.69, 9.17) is 15.0 Å². The Morgan fingerprint density at radius 2 is 2.00 bits per heavy atom. The van der Waals surface area contributed by atoms with Crippen LogP contribution in [0.3, 0.4) is 0 Å². The van der Waals surface area contributed by atoms with Crippen molar-refractivity contribution in [3.05, 3.63) is 43.0 Å². The Morgan fingerprint density at radius 3 is 2.79 bits per heavy atom. The molecule has 1 aromatic carbocycles. The fourth-order valence-corrected chi connectivity index (χ4v) is 1.50. The number of benzene rings is 1. The zero-order chi connectivity index (χ0) is 13.1. The van der Waals surface area contributed by atoms with Crippen molar-refractivity contribution in [2.24, 2.45) is 0 Å². The molecule has 0 amide bonds. The number of anilines is 1. The zero-order valence-corrected chi connectivity index (χ0v) is 9.72. The van der Waals surface area contributed by atoms with Crippen molar-refractivity contribution in [3.63, 3.8) is 0 Å². The number of nitrogens with zero attached hydrogens (tertiary/aromatic N) is 4. The van der Waals surface area contributed by atoms with Gasteiger partial charge in [0, 0.05) is 17.8 Å². The average Bonchev–Trinajstić information content (AvgIpc) is 2.93. The number of aromatic nitrogens is 4.